The second-order valence-corrected chi connectivity index (χ2v) is 5.21. The summed E-state index contributed by atoms with van der Waals surface area (Å²) >= 11 is 0. The smallest absolute Gasteiger partial charge is 0.302 e. The van der Waals surface area contributed by atoms with Gasteiger partial charge in [0.2, 0.25) is 0 Å². The molecule has 0 saturated carbocycles. The Hall–Kier alpha value is -2.70. The highest BCUT2D eigenvalue weighted by atomic mass is 16.5. The number of para-hydroxylation sites is 2. The molecule has 0 atom stereocenters. The largest absolute Gasteiger partial charge is 0.423 e. The van der Waals surface area contributed by atoms with Crippen molar-refractivity contribution < 1.29 is 14.4 Å². The van der Waals surface area contributed by atoms with Crippen molar-refractivity contribution in [2.75, 3.05) is 5.32 Å². The molecule has 1 aliphatic rings. The van der Waals surface area contributed by atoms with Crippen LogP contribution in [0.3, 0.4) is 0 Å². The Morgan fingerprint density at radius 1 is 1.18 bits per heavy atom. The number of fused-ring (bicyclic) bond motifs is 2. The molecule has 0 spiro atoms. The Labute approximate surface area is 125 Å². The fraction of sp³-hybridized carbons (Fsp3) is 0.125. The first kappa shape index (κ1) is 13.0. The zero-order valence-electron chi connectivity index (χ0n) is 11.6. The minimum absolute atomic E-state index is 0.169. The fourth-order valence-electron chi connectivity index (χ4n) is 2.71. The van der Waals surface area contributed by atoms with E-state index in [2.05, 4.69) is 10.3 Å². The number of aromatic nitrogens is 1. The lowest BCUT2D eigenvalue weighted by Crippen LogP contribution is -2.15. The van der Waals surface area contributed by atoms with Crippen LogP contribution < -0.4 is 5.32 Å². The molecule has 2 heterocycles. The highest BCUT2D eigenvalue weighted by molar-refractivity contribution is 6.04. The SMILES string of the molecule is O=C(Nc1nc2ccccc2o1)c1cccc2c1CN(O)C2. The normalized spacial score (nSPS) is 14.2. The maximum Gasteiger partial charge on any atom is 0.302 e. The highest BCUT2D eigenvalue weighted by Gasteiger charge is 2.23. The van der Waals surface area contributed by atoms with Crippen molar-refractivity contribution in [1.29, 1.82) is 0 Å². The van der Waals surface area contributed by atoms with Gasteiger partial charge in [-0.1, -0.05) is 24.3 Å². The number of carbonyl (C=O) groups excluding carboxylic acids is 1. The molecular weight excluding hydrogens is 282 g/mol. The minimum atomic E-state index is -0.293. The number of rotatable bonds is 2. The van der Waals surface area contributed by atoms with Gasteiger partial charge < -0.3 is 9.62 Å². The van der Waals surface area contributed by atoms with Gasteiger partial charge in [-0.05, 0) is 29.3 Å². The molecule has 0 fully saturated rings. The van der Waals surface area contributed by atoms with E-state index >= 15 is 0 Å². The van der Waals surface area contributed by atoms with Gasteiger partial charge in [-0.2, -0.15) is 10.0 Å². The Morgan fingerprint density at radius 3 is 2.91 bits per heavy atom. The van der Waals surface area contributed by atoms with Gasteiger partial charge in [0.15, 0.2) is 5.58 Å². The lowest BCUT2D eigenvalue weighted by atomic mass is 10.0. The standard InChI is InChI=1S/C16H13N3O3/c20-15(11-5-3-4-10-8-19(21)9-12(10)11)18-16-17-13-6-1-2-7-14(13)22-16/h1-7,21H,8-9H2,(H,17,18,20). The molecule has 6 nitrogen and oxygen atoms in total. The van der Waals surface area contributed by atoms with E-state index in [1.54, 1.807) is 18.2 Å². The summed E-state index contributed by atoms with van der Waals surface area (Å²) in [6, 6.07) is 12.9. The summed E-state index contributed by atoms with van der Waals surface area (Å²) in [4.78, 5) is 16.7. The summed E-state index contributed by atoms with van der Waals surface area (Å²) in [5.74, 6) is -0.293. The van der Waals surface area contributed by atoms with Crippen LogP contribution in [0.4, 0.5) is 6.01 Å². The molecule has 1 aromatic heterocycles. The van der Waals surface area contributed by atoms with Crippen LogP contribution in [0.5, 0.6) is 0 Å². The van der Waals surface area contributed by atoms with Crippen LogP contribution in [0, 0.1) is 0 Å². The van der Waals surface area contributed by atoms with E-state index in [4.69, 9.17) is 4.42 Å². The molecule has 110 valence electrons. The topological polar surface area (TPSA) is 78.6 Å². The molecule has 22 heavy (non-hydrogen) atoms. The van der Waals surface area contributed by atoms with Gasteiger partial charge in [0.1, 0.15) is 5.52 Å². The second-order valence-electron chi connectivity index (χ2n) is 5.21. The van der Waals surface area contributed by atoms with E-state index in [1.807, 2.05) is 24.3 Å². The van der Waals surface area contributed by atoms with Gasteiger partial charge in [-0.15, -0.1) is 0 Å². The summed E-state index contributed by atoms with van der Waals surface area (Å²) < 4.78 is 5.50. The third-order valence-electron chi connectivity index (χ3n) is 3.73. The molecule has 1 aliphatic heterocycles. The van der Waals surface area contributed by atoms with E-state index < -0.39 is 0 Å². The lowest BCUT2D eigenvalue weighted by molar-refractivity contribution is -0.0969. The van der Waals surface area contributed by atoms with Crippen molar-refractivity contribution in [3.8, 4) is 0 Å². The number of hydroxylamine groups is 2. The number of nitrogens with zero attached hydrogens (tertiary/aromatic N) is 2. The van der Waals surface area contributed by atoms with Crippen LogP contribution in [0.1, 0.15) is 21.5 Å². The summed E-state index contributed by atoms with van der Waals surface area (Å²) in [6.45, 7) is 0.770. The number of benzene rings is 2. The first-order valence-corrected chi connectivity index (χ1v) is 6.92. The van der Waals surface area contributed by atoms with Crippen molar-refractivity contribution in [1.82, 2.24) is 10.0 Å². The van der Waals surface area contributed by atoms with Crippen molar-refractivity contribution >= 4 is 23.0 Å². The molecule has 0 saturated heterocycles. The van der Waals surface area contributed by atoms with E-state index in [0.717, 1.165) is 11.1 Å². The molecule has 2 aromatic carbocycles. The van der Waals surface area contributed by atoms with Crippen molar-refractivity contribution in [3.05, 3.63) is 59.2 Å². The molecular formula is C16H13N3O3. The van der Waals surface area contributed by atoms with Gasteiger partial charge in [-0.25, -0.2) is 0 Å². The van der Waals surface area contributed by atoms with E-state index in [1.165, 1.54) is 5.06 Å². The summed E-state index contributed by atoms with van der Waals surface area (Å²) in [5, 5.41) is 13.5. The van der Waals surface area contributed by atoms with Gasteiger partial charge in [0, 0.05) is 12.1 Å². The van der Waals surface area contributed by atoms with Crippen LogP contribution in [-0.4, -0.2) is 21.2 Å². The number of oxazole rings is 1. The zero-order valence-corrected chi connectivity index (χ0v) is 11.6. The van der Waals surface area contributed by atoms with Crippen molar-refractivity contribution in [3.63, 3.8) is 0 Å². The average Bonchev–Trinajstić information content (AvgIpc) is 3.07. The molecule has 2 N–H and O–H groups in total. The van der Waals surface area contributed by atoms with Crippen LogP contribution in [0.25, 0.3) is 11.1 Å². The summed E-state index contributed by atoms with van der Waals surface area (Å²) in [5.41, 5.74) is 3.62. The number of amides is 1. The first-order valence-electron chi connectivity index (χ1n) is 6.92. The van der Waals surface area contributed by atoms with E-state index in [-0.39, 0.29) is 11.9 Å². The van der Waals surface area contributed by atoms with Crippen LogP contribution >= 0.6 is 0 Å². The fourth-order valence-corrected chi connectivity index (χ4v) is 2.71. The zero-order chi connectivity index (χ0) is 15.1. The average molecular weight is 295 g/mol. The third kappa shape index (κ3) is 2.14. The van der Waals surface area contributed by atoms with E-state index in [9.17, 15) is 10.0 Å². The predicted molar refractivity (Wildman–Crippen MR) is 79.4 cm³/mol. The van der Waals surface area contributed by atoms with Crippen molar-refractivity contribution in [2.45, 2.75) is 13.1 Å². The predicted octanol–water partition coefficient (Wildman–Crippen LogP) is 2.78. The highest BCUT2D eigenvalue weighted by Crippen LogP contribution is 2.26. The Bertz CT molecular complexity index is 839. The quantitative estimate of drug-likeness (QED) is 0.760. The van der Waals surface area contributed by atoms with Gasteiger partial charge in [0.25, 0.3) is 5.91 Å². The monoisotopic (exact) mass is 295 g/mol. The number of hydrogen-bond acceptors (Lipinski definition) is 5. The number of anilines is 1. The van der Waals surface area contributed by atoms with Crippen LogP contribution in [-0.2, 0) is 13.1 Å². The first-order chi connectivity index (χ1) is 10.7. The van der Waals surface area contributed by atoms with Gasteiger partial charge in [-0.3, -0.25) is 10.1 Å². The number of nitrogens with one attached hydrogen (secondary N) is 1. The molecule has 0 bridgehead atoms. The maximum atomic E-state index is 12.4. The summed E-state index contributed by atoms with van der Waals surface area (Å²) in [6.07, 6.45) is 0. The summed E-state index contributed by atoms with van der Waals surface area (Å²) in [7, 11) is 0. The lowest BCUT2D eigenvalue weighted by Gasteiger charge is -2.06. The molecule has 0 radical (unpaired) electrons. The van der Waals surface area contributed by atoms with Gasteiger partial charge in [0.05, 0.1) is 6.54 Å². The minimum Gasteiger partial charge on any atom is -0.423 e. The maximum absolute atomic E-state index is 12.4. The van der Waals surface area contributed by atoms with Crippen LogP contribution in [0.2, 0.25) is 0 Å². The van der Waals surface area contributed by atoms with Gasteiger partial charge >= 0.3 is 6.01 Å². The van der Waals surface area contributed by atoms with Crippen LogP contribution in [0.15, 0.2) is 46.9 Å². The number of carbonyl (C=O) groups is 1. The molecule has 4 rings (SSSR count). The molecule has 0 aliphatic carbocycles. The molecule has 0 unspecified atom stereocenters. The third-order valence-corrected chi connectivity index (χ3v) is 3.73. The second kappa shape index (κ2) is 4.94. The Morgan fingerprint density at radius 2 is 2.05 bits per heavy atom. The van der Waals surface area contributed by atoms with E-state index in [0.29, 0.717) is 29.8 Å². The Kier molecular flexibility index (Phi) is 2.92. The molecule has 3 aromatic rings. The van der Waals surface area contributed by atoms with Crippen molar-refractivity contribution in [2.24, 2.45) is 0 Å². The number of hydrogen-bond donors (Lipinski definition) is 2. The molecule has 1 amide bonds. The molecule has 6 heteroatoms. The Balaban J connectivity index is 1.64.